The van der Waals surface area contributed by atoms with Crippen LogP contribution in [0.4, 0.5) is 0 Å². The number of aromatic nitrogens is 1. The molecule has 9 nitrogen and oxygen atoms in total. The molecule has 3 rings (SSSR count). The number of nitrogens with zero attached hydrogens (tertiary/aromatic N) is 3. The molecule has 2 aliphatic rings. The number of thiazole rings is 1. The molecule has 1 aromatic rings. The molecule has 0 bridgehead atoms. The zero-order valence-electron chi connectivity index (χ0n) is 17.3. The molecule has 1 aliphatic carbocycles. The number of rotatable bonds is 6. The quantitative estimate of drug-likeness (QED) is 0.491. The van der Waals surface area contributed by atoms with E-state index >= 15 is 0 Å². The second-order valence-electron chi connectivity index (χ2n) is 7.58. The van der Waals surface area contributed by atoms with E-state index in [0.717, 1.165) is 29.8 Å². The maximum atomic E-state index is 12.8. The fraction of sp³-hybridized carbons (Fsp3) is 0.722. The number of hydrazine groups is 1. The van der Waals surface area contributed by atoms with Crippen LogP contribution in [-0.2, 0) is 17.1 Å². The first kappa shape index (κ1) is 21.1. The normalized spacial score (nSPS) is 24.0. The average Bonchev–Trinajstić information content (AvgIpc) is 3.24. The van der Waals surface area contributed by atoms with Crippen molar-refractivity contribution < 1.29 is 9.59 Å². The molecule has 10 heteroatoms. The van der Waals surface area contributed by atoms with Gasteiger partial charge in [-0.1, -0.05) is 6.42 Å². The van der Waals surface area contributed by atoms with Crippen molar-refractivity contribution in [3.8, 4) is 0 Å². The number of fused-ring (bicyclic) bond motifs is 1. The third-order valence-electron chi connectivity index (χ3n) is 5.73. The summed E-state index contributed by atoms with van der Waals surface area (Å²) in [7, 11) is 9.15. The van der Waals surface area contributed by atoms with Crippen LogP contribution in [-0.4, -0.2) is 68.0 Å². The molecule has 156 valence electrons. The van der Waals surface area contributed by atoms with E-state index in [2.05, 4.69) is 26.4 Å². The number of hydrogen-bond acceptors (Lipinski definition) is 8. The average molecular weight is 410 g/mol. The van der Waals surface area contributed by atoms with Crippen molar-refractivity contribution in [2.75, 3.05) is 35.2 Å². The summed E-state index contributed by atoms with van der Waals surface area (Å²) in [4.78, 5) is 32.5. The molecule has 2 unspecified atom stereocenters. The SMILES string of the molecule is CNN1Cc2sc(C(=O)NC3CCCC(C(=O)N(C)C)C3)nc2C1(NC)NC. The van der Waals surface area contributed by atoms with Crippen LogP contribution >= 0.6 is 11.3 Å². The van der Waals surface area contributed by atoms with Crippen LogP contribution in [0.5, 0.6) is 0 Å². The minimum absolute atomic E-state index is 0.0132. The van der Waals surface area contributed by atoms with Crippen molar-refractivity contribution >= 4 is 23.2 Å². The summed E-state index contributed by atoms with van der Waals surface area (Å²) in [5.74, 6) is -0.667. The molecule has 2 heterocycles. The maximum absolute atomic E-state index is 12.8. The van der Waals surface area contributed by atoms with Gasteiger partial charge in [-0.3, -0.25) is 25.6 Å². The summed E-state index contributed by atoms with van der Waals surface area (Å²) < 4.78 is 0. The van der Waals surface area contributed by atoms with Gasteiger partial charge in [-0.2, -0.15) is 0 Å². The molecule has 1 aromatic heterocycles. The van der Waals surface area contributed by atoms with Gasteiger partial charge in [-0.05, 0) is 40.4 Å². The third-order valence-corrected chi connectivity index (χ3v) is 6.77. The molecule has 1 saturated carbocycles. The lowest BCUT2D eigenvalue weighted by Gasteiger charge is -2.36. The largest absolute Gasteiger partial charge is 0.349 e. The van der Waals surface area contributed by atoms with Gasteiger partial charge in [0.25, 0.3) is 5.91 Å². The molecule has 2 atom stereocenters. The van der Waals surface area contributed by atoms with Crippen molar-refractivity contribution in [1.82, 2.24) is 36.3 Å². The Hall–Kier alpha value is -1.59. The smallest absolute Gasteiger partial charge is 0.280 e. The minimum atomic E-state index is -0.646. The summed E-state index contributed by atoms with van der Waals surface area (Å²) in [5, 5.41) is 12.1. The minimum Gasteiger partial charge on any atom is -0.349 e. The maximum Gasteiger partial charge on any atom is 0.280 e. The van der Waals surface area contributed by atoms with Crippen molar-refractivity contribution in [1.29, 1.82) is 0 Å². The Labute approximate surface area is 170 Å². The van der Waals surface area contributed by atoms with Gasteiger partial charge in [0.15, 0.2) is 10.8 Å². The molecule has 4 N–H and O–H groups in total. The zero-order valence-corrected chi connectivity index (χ0v) is 18.1. The summed E-state index contributed by atoms with van der Waals surface area (Å²) in [5.41, 5.74) is 3.99. The summed E-state index contributed by atoms with van der Waals surface area (Å²) >= 11 is 1.42. The Morgan fingerprint density at radius 3 is 2.54 bits per heavy atom. The molecule has 1 fully saturated rings. The lowest BCUT2D eigenvalue weighted by atomic mass is 9.85. The van der Waals surface area contributed by atoms with Crippen LogP contribution in [0.2, 0.25) is 0 Å². The van der Waals surface area contributed by atoms with Crippen LogP contribution < -0.4 is 21.4 Å². The molecule has 0 radical (unpaired) electrons. The van der Waals surface area contributed by atoms with Gasteiger partial charge in [-0.25, -0.2) is 9.99 Å². The highest BCUT2D eigenvalue weighted by molar-refractivity contribution is 7.13. The van der Waals surface area contributed by atoms with Gasteiger partial charge in [0.05, 0.1) is 6.54 Å². The lowest BCUT2D eigenvalue weighted by molar-refractivity contribution is -0.134. The highest BCUT2D eigenvalue weighted by atomic mass is 32.1. The van der Waals surface area contributed by atoms with E-state index in [-0.39, 0.29) is 23.8 Å². The molecule has 1 aliphatic heterocycles. The van der Waals surface area contributed by atoms with Gasteiger partial charge in [-0.15, -0.1) is 11.3 Å². The van der Waals surface area contributed by atoms with Gasteiger partial charge < -0.3 is 10.2 Å². The number of carbonyl (C=O) groups is 2. The van der Waals surface area contributed by atoms with Crippen molar-refractivity contribution in [3.63, 3.8) is 0 Å². The predicted molar refractivity (Wildman–Crippen MR) is 108 cm³/mol. The molecule has 2 amide bonds. The highest BCUT2D eigenvalue weighted by Crippen LogP contribution is 2.36. The van der Waals surface area contributed by atoms with Crippen LogP contribution in [0.3, 0.4) is 0 Å². The third kappa shape index (κ3) is 3.67. The summed E-state index contributed by atoms with van der Waals surface area (Å²) in [6, 6.07) is 0.0149. The van der Waals surface area contributed by atoms with E-state index in [1.54, 1.807) is 19.0 Å². The van der Waals surface area contributed by atoms with Gasteiger partial charge >= 0.3 is 0 Å². The first-order chi connectivity index (χ1) is 13.4. The number of hydrogen-bond donors (Lipinski definition) is 4. The highest BCUT2D eigenvalue weighted by Gasteiger charge is 2.46. The number of carbonyl (C=O) groups excluding carboxylic acids is 2. The van der Waals surface area contributed by atoms with Crippen molar-refractivity contribution in [3.05, 3.63) is 15.6 Å². The summed E-state index contributed by atoms with van der Waals surface area (Å²) in [6.45, 7) is 0.654. The Morgan fingerprint density at radius 2 is 1.93 bits per heavy atom. The van der Waals surface area contributed by atoms with Crippen LogP contribution in [0.15, 0.2) is 0 Å². The first-order valence-electron chi connectivity index (χ1n) is 9.71. The van der Waals surface area contributed by atoms with E-state index < -0.39 is 5.79 Å². The Morgan fingerprint density at radius 1 is 1.21 bits per heavy atom. The van der Waals surface area contributed by atoms with Gasteiger partial charge in [0.2, 0.25) is 5.91 Å². The first-order valence-corrected chi connectivity index (χ1v) is 10.5. The molecule has 0 saturated heterocycles. The topological polar surface area (TPSA) is 102 Å². The number of nitrogens with one attached hydrogen (secondary N) is 4. The van der Waals surface area contributed by atoms with E-state index in [9.17, 15) is 9.59 Å². The summed E-state index contributed by atoms with van der Waals surface area (Å²) in [6.07, 6.45) is 3.43. The monoisotopic (exact) mass is 409 g/mol. The predicted octanol–water partition coefficient (Wildman–Crippen LogP) is 0.0190. The molecular weight excluding hydrogens is 378 g/mol. The Kier molecular flexibility index (Phi) is 6.35. The fourth-order valence-corrected chi connectivity index (χ4v) is 5.27. The molecular formula is C18H31N7O2S. The lowest BCUT2D eigenvalue weighted by Crippen LogP contribution is -2.63. The second kappa shape index (κ2) is 8.42. The fourth-order valence-electron chi connectivity index (χ4n) is 4.26. The molecule has 0 spiro atoms. The van der Waals surface area contributed by atoms with E-state index in [0.29, 0.717) is 18.0 Å². The molecule has 0 aromatic carbocycles. The van der Waals surface area contributed by atoms with E-state index in [4.69, 9.17) is 0 Å². The zero-order chi connectivity index (χ0) is 20.5. The van der Waals surface area contributed by atoms with Crippen LogP contribution in [0.1, 0.15) is 46.1 Å². The van der Waals surface area contributed by atoms with Crippen LogP contribution in [0.25, 0.3) is 0 Å². The molecule has 28 heavy (non-hydrogen) atoms. The Bertz CT molecular complexity index is 732. The second-order valence-corrected chi connectivity index (χ2v) is 8.66. The van der Waals surface area contributed by atoms with Gasteiger partial charge in [0, 0.05) is 30.9 Å². The van der Waals surface area contributed by atoms with E-state index in [1.807, 2.05) is 26.2 Å². The number of amides is 2. The van der Waals surface area contributed by atoms with Crippen molar-refractivity contribution in [2.24, 2.45) is 5.92 Å². The standard InChI is InChI=1S/C18H31N7O2S/c1-19-18(20-2)14-13(10-25(18)21-3)28-16(23-14)15(26)22-12-8-6-7-11(9-12)17(27)24(4)5/h11-12,19-21H,6-10H2,1-5H3,(H,22,26). The van der Waals surface area contributed by atoms with Crippen LogP contribution in [0, 0.1) is 5.92 Å². The van der Waals surface area contributed by atoms with Gasteiger partial charge in [0.1, 0.15) is 5.69 Å². The van der Waals surface area contributed by atoms with E-state index in [1.165, 1.54) is 11.3 Å². The Balaban J connectivity index is 1.71. The van der Waals surface area contributed by atoms with Crippen molar-refractivity contribution in [2.45, 2.75) is 44.1 Å².